The topological polar surface area (TPSA) is 77.7 Å². The first-order valence-corrected chi connectivity index (χ1v) is 13.6. The van der Waals surface area contributed by atoms with E-state index in [1.54, 1.807) is 4.90 Å². The Labute approximate surface area is 249 Å². The second-order valence-corrected chi connectivity index (χ2v) is 10.0. The molecule has 234 valence electrons. The van der Waals surface area contributed by atoms with E-state index in [1.807, 2.05) is 60.8 Å². The minimum absolute atomic E-state index is 0.0307. The van der Waals surface area contributed by atoms with Gasteiger partial charge in [-0.1, -0.05) is 48.5 Å². The van der Waals surface area contributed by atoms with Crippen molar-refractivity contribution in [1.82, 2.24) is 14.8 Å². The Kier molecular flexibility index (Phi) is 10.2. The highest BCUT2D eigenvalue weighted by Crippen LogP contribution is 2.37. The van der Waals surface area contributed by atoms with E-state index in [1.165, 1.54) is 7.11 Å². The summed E-state index contributed by atoms with van der Waals surface area (Å²) in [7, 11) is 1.35. The normalized spacial score (nSPS) is 11.9. The van der Waals surface area contributed by atoms with E-state index in [0.29, 0.717) is 18.6 Å². The molecule has 13 heteroatoms. The number of ether oxygens (including phenoxy) is 1. The second kappa shape index (κ2) is 13.8. The van der Waals surface area contributed by atoms with Gasteiger partial charge in [-0.05, 0) is 41.8 Å². The zero-order valence-electron chi connectivity index (χ0n) is 23.6. The van der Waals surface area contributed by atoms with Gasteiger partial charge in [-0.2, -0.15) is 26.3 Å². The highest BCUT2D eigenvalue weighted by atomic mass is 19.4. The predicted octanol–water partition coefficient (Wildman–Crippen LogP) is 6.96. The summed E-state index contributed by atoms with van der Waals surface area (Å²) in [5.41, 5.74) is -1.12. The maximum atomic E-state index is 13.6. The molecule has 0 aliphatic rings. The highest BCUT2D eigenvalue weighted by Gasteiger charge is 2.37. The number of hydrogen-bond acceptors (Lipinski definition) is 3. The number of benzene rings is 3. The fourth-order valence-corrected chi connectivity index (χ4v) is 4.64. The molecule has 1 aromatic heterocycles. The van der Waals surface area contributed by atoms with E-state index in [4.69, 9.17) is 4.74 Å². The number of methoxy groups -OCH3 is 1. The summed E-state index contributed by atoms with van der Waals surface area (Å²) in [6, 6.07) is 16.6. The SMILES string of the molecule is COCCN(CC(=O)N(CCc1c[nH]c2ccccc12)Cc1ccccc1)C(=O)Nc1cc(C(F)(F)F)cc(C(F)(F)F)c1. The van der Waals surface area contributed by atoms with Crippen molar-refractivity contribution in [1.29, 1.82) is 0 Å². The molecule has 0 aliphatic carbocycles. The lowest BCUT2D eigenvalue weighted by Gasteiger charge is -2.28. The van der Waals surface area contributed by atoms with Crippen LogP contribution in [-0.2, 0) is 34.8 Å². The maximum absolute atomic E-state index is 13.6. The molecule has 3 amide bonds. The number of carbonyl (C=O) groups is 2. The lowest BCUT2D eigenvalue weighted by atomic mass is 10.1. The van der Waals surface area contributed by atoms with Crippen LogP contribution in [0.5, 0.6) is 0 Å². The summed E-state index contributed by atoms with van der Waals surface area (Å²) in [4.78, 5) is 32.5. The van der Waals surface area contributed by atoms with E-state index < -0.39 is 47.6 Å². The van der Waals surface area contributed by atoms with Gasteiger partial charge in [0.15, 0.2) is 0 Å². The number of fused-ring (bicyclic) bond motifs is 1. The average Bonchev–Trinajstić information content (AvgIpc) is 3.39. The number of urea groups is 1. The third-order valence-corrected chi connectivity index (χ3v) is 6.91. The van der Waals surface area contributed by atoms with Crippen molar-refractivity contribution in [3.05, 3.63) is 101 Å². The number of hydrogen-bond donors (Lipinski definition) is 2. The first-order valence-electron chi connectivity index (χ1n) is 13.6. The molecular weight excluding hydrogens is 590 g/mol. The molecule has 0 aliphatic heterocycles. The molecule has 4 aromatic rings. The van der Waals surface area contributed by atoms with Crippen molar-refractivity contribution in [3.63, 3.8) is 0 Å². The molecule has 0 spiro atoms. The van der Waals surface area contributed by atoms with E-state index >= 15 is 0 Å². The van der Waals surface area contributed by atoms with Crippen LogP contribution in [0.3, 0.4) is 0 Å². The number of nitrogens with zero attached hydrogens (tertiary/aromatic N) is 2. The number of aromatic nitrogens is 1. The molecule has 0 saturated heterocycles. The predicted molar refractivity (Wildman–Crippen MR) is 153 cm³/mol. The molecule has 4 rings (SSSR count). The minimum atomic E-state index is -5.09. The van der Waals surface area contributed by atoms with E-state index in [9.17, 15) is 35.9 Å². The summed E-state index contributed by atoms with van der Waals surface area (Å²) in [6.45, 7) is -0.199. The van der Waals surface area contributed by atoms with Crippen molar-refractivity contribution in [2.75, 3.05) is 38.7 Å². The fraction of sp³-hybridized carbons (Fsp3) is 0.290. The Balaban J connectivity index is 1.55. The molecule has 2 N–H and O–H groups in total. The standard InChI is InChI=1S/C31H30F6N4O3/c1-44-14-13-41(29(43)39-25-16-23(30(32,33)34)15-24(17-25)31(35,36)37)20-28(42)40(19-21-7-3-2-4-8-21)12-11-22-18-38-27-10-6-5-9-26(22)27/h2-10,15-18,38H,11-14,19-20H2,1H3,(H,39,43). The van der Waals surface area contributed by atoms with Gasteiger partial charge in [-0.3, -0.25) is 4.79 Å². The minimum Gasteiger partial charge on any atom is -0.383 e. The molecular formula is C31H30F6N4O3. The van der Waals surface area contributed by atoms with Gasteiger partial charge < -0.3 is 24.8 Å². The number of para-hydroxylation sites is 1. The number of nitrogens with one attached hydrogen (secondary N) is 2. The van der Waals surface area contributed by atoms with Crippen molar-refractivity contribution < 1.29 is 40.7 Å². The highest BCUT2D eigenvalue weighted by molar-refractivity contribution is 5.92. The first kappa shape index (κ1) is 32.4. The van der Waals surface area contributed by atoms with Gasteiger partial charge in [0.25, 0.3) is 0 Å². The quantitative estimate of drug-likeness (QED) is 0.178. The van der Waals surface area contributed by atoms with Crippen molar-refractivity contribution in [2.45, 2.75) is 25.3 Å². The number of aromatic amines is 1. The molecule has 44 heavy (non-hydrogen) atoms. The van der Waals surface area contributed by atoms with Gasteiger partial charge in [0.2, 0.25) is 5.91 Å². The van der Waals surface area contributed by atoms with Crippen molar-refractivity contribution in [2.24, 2.45) is 0 Å². The van der Waals surface area contributed by atoms with Crippen LogP contribution < -0.4 is 5.32 Å². The molecule has 1 heterocycles. The molecule has 0 radical (unpaired) electrons. The molecule has 0 bridgehead atoms. The maximum Gasteiger partial charge on any atom is 0.416 e. The van der Waals surface area contributed by atoms with Gasteiger partial charge in [0.05, 0.1) is 17.7 Å². The first-order chi connectivity index (χ1) is 20.8. The van der Waals surface area contributed by atoms with Gasteiger partial charge >= 0.3 is 18.4 Å². The Hall–Kier alpha value is -4.52. The second-order valence-electron chi connectivity index (χ2n) is 10.0. The molecule has 0 fully saturated rings. The summed E-state index contributed by atoms with van der Waals surface area (Å²) in [6.07, 6.45) is -7.83. The number of halogens is 6. The molecule has 0 unspecified atom stereocenters. The zero-order chi connectivity index (χ0) is 31.9. The van der Waals surface area contributed by atoms with Crippen LogP contribution in [-0.4, -0.2) is 60.1 Å². The monoisotopic (exact) mass is 620 g/mol. The van der Waals surface area contributed by atoms with Crippen LogP contribution >= 0.6 is 0 Å². The van der Waals surface area contributed by atoms with E-state index in [-0.39, 0.29) is 32.3 Å². The van der Waals surface area contributed by atoms with E-state index in [2.05, 4.69) is 10.3 Å². The molecule has 0 atom stereocenters. The van der Waals surface area contributed by atoms with Gasteiger partial charge in [0, 0.05) is 49.5 Å². The average molecular weight is 621 g/mol. The number of H-pyrrole nitrogens is 1. The third-order valence-electron chi connectivity index (χ3n) is 6.91. The number of alkyl halides is 6. The van der Waals surface area contributed by atoms with Gasteiger partial charge in [0.1, 0.15) is 6.54 Å². The number of rotatable bonds is 11. The molecule has 0 saturated carbocycles. The van der Waals surface area contributed by atoms with Gasteiger partial charge in [-0.15, -0.1) is 0 Å². The van der Waals surface area contributed by atoms with Gasteiger partial charge in [-0.25, -0.2) is 4.79 Å². The Bertz CT molecular complexity index is 1540. The van der Waals surface area contributed by atoms with Crippen LogP contribution in [0.25, 0.3) is 10.9 Å². The largest absolute Gasteiger partial charge is 0.416 e. The molecule has 3 aromatic carbocycles. The van der Waals surface area contributed by atoms with Crippen LogP contribution in [0, 0.1) is 0 Å². The van der Waals surface area contributed by atoms with Crippen LogP contribution in [0.15, 0.2) is 79.0 Å². The Morgan fingerprint density at radius 1 is 0.841 bits per heavy atom. The van der Waals surface area contributed by atoms with Crippen molar-refractivity contribution in [3.8, 4) is 0 Å². The summed E-state index contributed by atoms with van der Waals surface area (Å²) in [5, 5.41) is 3.10. The Morgan fingerprint density at radius 2 is 1.48 bits per heavy atom. The fourth-order valence-electron chi connectivity index (χ4n) is 4.64. The van der Waals surface area contributed by atoms with Crippen LogP contribution in [0.4, 0.5) is 36.8 Å². The summed E-state index contributed by atoms with van der Waals surface area (Å²) >= 11 is 0. The number of anilines is 1. The number of amides is 3. The molecule has 7 nitrogen and oxygen atoms in total. The lowest BCUT2D eigenvalue weighted by Crippen LogP contribution is -2.46. The third kappa shape index (κ3) is 8.53. The smallest absolute Gasteiger partial charge is 0.383 e. The van der Waals surface area contributed by atoms with Crippen LogP contribution in [0.1, 0.15) is 22.3 Å². The summed E-state index contributed by atoms with van der Waals surface area (Å²) in [5.74, 6) is -0.472. The van der Waals surface area contributed by atoms with E-state index in [0.717, 1.165) is 26.9 Å². The Morgan fingerprint density at radius 3 is 2.11 bits per heavy atom. The van der Waals surface area contributed by atoms with Crippen molar-refractivity contribution >= 4 is 28.5 Å². The lowest BCUT2D eigenvalue weighted by molar-refractivity contribution is -0.143. The zero-order valence-corrected chi connectivity index (χ0v) is 23.6. The summed E-state index contributed by atoms with van der Waals surface area (Å²) < 4.78 is 85.1. The number of carbonyl (C=O) groups excluding carboxylic acids is 2. The van der Waals surface area contributed by atoms with Crippen LogP contribution in [0.2, 0.25) is 0 Å².